The number of ether oxygens (including phenoxy) is 1. The molecule has 168 valence electrons. The minimum atomic E-state index is -0.183. The van der Waals surface area contributed by atoms with E-state index in [1.54, 1.807) is 11.8 Å². The topological polar surface area (TPSA) is 79.6 Å². The molecule has 7 heteroatoms. The first-order chi connectivity index (χ1) is 15.6. The minimum absolute atomic E-state index is 0.0108. The first-order valence-corrected chi connectivity index (χ1v) is 11.0. The van der Waals surface area contributed by atoms with Gasteiger partial charge in [0.1, 0.15) is 5.75 Å². The van der Waals surface area contributed by atoms with Crippen molar-refractivity contribution in [2.75, 3.05) is 20.3 Å². The largest absolute Gasteiger partial charge is 0.497 e. The van der Waals surface area contributed by atoms with E-state index in [9.17, 15) is 9.90 Å². The molecule has 2 aromatic carbocycles. The molecule has 0 unspecified atom stereocenters. The number of nitrogens with one attached hydrogen (secondary N) is 1. The number of benzene rings is 2. The number of carbonyl (C=O) groups excluding carboxylic acids is 1. The number of hydrogen-bond acceptors (Lipinski definition) is 5. The zero-order valence-electron chi connectivity index (χ0n) is 18.6. The molecule has 0 spiro atoms. The van der Waals surface area contributed by atoms with Crippen LogP contribution in [0.3, 0.4) is 0 Å². The predicted molar refractivity (Wildman–Crippen MR) is 122 cm³/mol. The molecule has 3 aromatic rings. The molecular formula is C25H30N4O3. The molecule has 0 bridgehead atoms. The number of carbonyl (C=O) groups is 1. The van der Waals surface area contributed by atoms with Crippen LogP contribution in [-0.4, -0.2) is 46.0 Å². The lowest BCUT2D eigenvalue weighted by Crippen LogP contribution is -2.33. The molecule has 1 aliphatic heterocycles. The van der Waals surface area contributed by atoms with E-state index in [-0.39, 0.29) is 18.6 Å². The van der Waals surface area contributed by atoms with Crippen molar-refractivity contribution < 1.29 is 14.6 Å². The highest BCUT2D eigenvalue weighted by molar-refractivity contribution is 5.94. The molecule has 2 N–H and O–H groups in total. The van der Waals surface area contributed by atoms with Crippen molar-refractivity contribution in [2.45, 2.75) is 39.0 Å². The molecule has 32 heavy (non-hydrogen) atoms. The number of aliphatic hydroxyl groups excluding tert-OH is 1. The van der Waals surface area contributed by atoms with Crippen LogP contribution in [0, 0.1) is 0 Å². The second-order valence-corrected chi connectivity index (χ2v) is 8.14. The molecule has 0 saturated carbocycles. The molecule has 7 nitrogen and oxygen atoms in total. The van der Waals surface area contributed by atoms with Gasteiger partial charge in [-0.25, -0.2) is 0 Å². The summed E-state index contributed by atoms with van der Waals surface area (Å²) in [5, 5.41) is 17.2. The Morgan fingerprint density at radius 3 is 2.78 bits per heavy atom. The molecule has 0 radical (unpaired) electrons. The van der Waals surface area contributed by atoms with Crippen molar-refractivity contribution >= 4 is 5.91 Å². The summed E-state index contributed by atoms with van der Waals surface area (Å²) < 4.78 is 7.14. The van der Waals surface area contributed by atoms with E-state index in [2.05, 4.69) is 21.4 Å². The summed E-state index contributed by atoms with van der Waals surface area (Å²) in [5.41, 5.74) is 4.65. The van der Waals surface area contributed by atoms with E-state index in [0.29, 0.717) is 18.8 Å². The van der Waals surface area contributed by atoms with Gasteiger partial charge in [-0.3, -0.25) is 14.4 Å². The SMILES string of the molecule is COc1cccc(CN2CCc3c(c(C(=O)N[C@H](C)c4ccccc4)nn3CCO)C2)c1. The molecule has 1 aromatic heterocycles. The van der Waals surface area contributed by atoms with Crippen LogP contribution >= 0.6 is 0 Å². The van der Waals surface area contributed by atoms with Gasteiger partial charge in [0.15, 0.2) is 5.69 Å². The molecule has 0 fully saturated rings. The number of hydrogen-bond donors (Lipinski definition) is 2. The summed E-state index contributed by atoms with van der Waals surface area (Å²) >= 11 is 0. The third-order valence-corrected chi connectivity index (χ3v) is 5.93. The van der Waals surface area contributed by atoms with Gasteiger partial charge >= 0.3 is 0 Å². The summed E-state index contributed by atoms with van der Waals surface area (Å²) in [6.45, 7) is 4.62. The number of aromatic nitrogens is 2. The number of methoxy groups -OCH3 is 1. The molecule has 1 atom stereocenters. The highest BCUT2D eigenvalue weighted by Gasteiger charge is 2.28. The average molecular weight is 435 g/mol. The van der Waals surface area contributed by atoms with E-state index in [1.165, 1.54) is 5.56 Å². The molecule has 0 saturated heterocycles. The monoisotopic (exact) mass is 434 g/mol. The fraction of sp³-hybridized carbons (Fsp3) is 0.360. The average Bonchev–Trinajstić information content (AvgIpc) is 3.18. The number of aliphatic hydroxyl groups is 1. The van der Waals surface area contributed by atoms with Crippen LogP contribution in [0.5, 0.6) is 5.75 Å². The van der Waals surface area contributed by atoms with Crippen molar-refractivity contribution in [2.24, 2.45) is 0 Å². The normalized spacial score (nSPS) is 14.6. The van der Waals surface area contributed by atoms with Crippen LogP contribution in [0.2, 0.25) is 0 Å². The van der Waals surface area contributed by atoms with Crippen LogP contribution in [0.15, 0.2) is 54.6 Å². The van der Waals surface area contributed by atoms with Gasteiger partial charge in [-0.05, 0) is 30.2 Å². The van der Waals surface area contributed by atoms with Crippen LogP contribution in [0.1, 0.15) is 45.8 Å². The van der Waals surface area contributed by atoms with Crippen LogP contribution in [0.4, 0.5) is 0 Å². The van der Waals surface area contributed by atoms with Crippen LogP contribution in [0.25, 0.3) is 0 Å². The minimum Gasteiger partial charge on any atom is -0.497 e. The number of amides is 1. The third-order valence-electron chi connectivity index (χ3n) is 5.93. The van der Waals surface area contributed by atoms with Crippen LogP contribution < -0.4 is 10.1 Å². The zero-order chi connectivity index (χ0) is 22.5. The van der Waals surface area contributed by atoms with Crippen molar-refractivity contribution in [1.82, 2.24) is 20.0 Å². The van der Waals surface area contributed by atoms with Gasteiger partial charge in [-0.2, -0.15) is 5.10 Å². The van der Waals surface area contributed by atoms with Gasteiger partial charge in [0, 0.05) is 37.3 Å². The fourth-order valence-electron chi connectivity index (χ4n) is 4.26. The van der Waals surface area contributed by atoms with E-state index in [4.69, 9.17) is 4.74 Å². The first kappa shape index (κ1) is 22.0. The van der Waals surface area contributed by atoms with E-state index in [0.717, 1.165) is 42.1 Å². The molecular weight excluding hydrogens is 404 g/mol. The lowest BCUT2D eigenvalue weighted by atomic mass is 10.0. The molecule has 4 rings (SSSR count). The highest BCUT2D eigenvalue weighted by atomic mass is 16.5. The molecule has 1 amide bonds. The van der Waals surface area contributed by atoms with E-state index >= 15 is 0 Å². The summed E-state index contributed by atoms with van der Waals surface area (Å²) in [5.74, 6) is 0.656. The van der Waals surface area contributed by atoms with E-state index in [1.807, 2.05) is 55.5 Å². The second kappa shape index (κ2) is 9.97. The standard InChI is InChI=1S/C25H30N4O3/c1-18(20-8-4-3-5-9-20)26-25(31)24-22-17-28(12-11-23(22)29(27-24)13-14-30)16-19-7-6-10-21(15-19)32-2/h3-10,15,18,30H,11-14,16-17H2,1-2H3,(H,26,31)/t18-/m1/s1. The quantitative estimate of drug-likeness (QED) is 0.570. The Kier molecular flexibility index (Phi) is 6.87. The van der Waals surface area contributed by atoms with Gasteiger partial charge in [0.25, 0.3) is 5.91 Å². The van der Waals surface area contributed by atoms with Gasteiger partial charge < -0.3 is 15.2 Å². The Balaban J connectivity index is 1.55. The molecule has 2 heterocycles. The van der Waals surface area contributed by atoms with E-state index < -0.39 is 0 Å². The Labute approximate surface area is 188 Å². The third kappa shape index (κ3) is 4.84. The smallest absolute Gasteiger partial charge is 0.272 e. The van der Waals surface area contributed by atoms with Crippen molar-refractivity contribution in [3.63, 3.8) is 0 Å². The number of fused-ring (bicyclic) bond motifs is 1. The Hall–Kier alpha value is -3.16. The number of rotatable bonds is 8. The summed E-state index contributed by atoms with van der Waals surface area (Å²) in [6.07, 6.45) is 0.786. The molecule has 1 aliphatic rings. The Bertz CT molecular complexity index is 1060. The summed E-state index contributed by atoms with van der Waals surface area (Å²) in [6, 6.07) is 17.8. The maximum atomic E-state index is 13.2. The lowest BCUT2D eigenvalue weighted by molar-refractivity contribution is 0.0931. The summed E-state index contributed by atoms with van der Waals surface area (Å²) in [4.78, 5) is 15.5. The van der Waals surface area contributed by atoms with Crippen LogP contribution in [-0.2, 0) is 26.1 Å². The Morgan fingerprint density at radius 1 is 1.22 bits per heavy atom. The lowest BCUT2D eigenvalue weighted by Gasteiger charge is -2.28. The van der Waals surface area contributed by atoms with Gasteiger partial charge in [-0.15, -0.1) is 0 Å². The van der Waals surface area contributed by atoms with Gasteiger partial charge in [0.05, 0.1) is 26.3 Å². The maximum Gasteiger partial charge on any atom is 0.272 e. The zero-order valence-corrected chi connectivity index (χ0v) is 18.6. The van der Waals surface area contributed by atoms with Crippen molar-refractivity contribution in [3.8, 4) is 5.75 Å². The fourth-order valence-corrected chi connectivity index (χ4v) is 4.26. The van der Waals surface area contributed by atoms with Crippen molar-refractivity contribution in [3.05, 3.63) is 82.7 Å². The maximum absolute atomic E-state index is 13.2. The second-order valence-electron chi connectivity index (χ2n) is 8.14. The summed E-state index contributed by atoms with van der Waals surface area (Å²) in [7, 11) is 1.67. The van der Waals surface area contributed by atoms with Gasteiger partial charge in [0.2, 0.25) is 0 Å². The van der Waals surface area contributed by atoms with Crippen molar-refractivity contribution in [1.29, 1.82) is 0 Å². The first-order valence-electron chi connectivity index (χ1n) is 11.0. The highest BCUT2D eigenvalue weighted by Crippen LogP contribution is 2.25. The Morgan fingerprint density at radius 2 is 2.03 bits per heavy atom. The van der Waals surface area contributed by atoms with Gasteiger partial charge in [-0.1, -0.05) is 42.5 Å². The number of nitrogens with zero attached hydrogens (tertiary/aromatic N) is 3. The molecule has 0 aliphatic carbocycles. The predicted octanol–water partition coefficient (Wildman–Crippen LogP) is 2.93.